The third-order valence-corrected chi connectivity index (χ3v) is 2.17. The van der Waals surface area contributed by atoms with Crippen LogP contribution in [-0.4, -0.2) is 37.2 Å². The minimum Gasteiger partial charge on any atom is -0.461 e. The second kappa shape index (κ2) is 10.4. The lowest BCUT2D eigenvalue weighted by molar-refractivity contribution is -0.153. The minimum atomic E-state index is -0.464. The molecule has 0 aromatic rings. The summed E-state index contributed by atoms with van der Waals surface area (Å²) in [6.07, 6.45) is 5.71. The number of esters is 2. The molecule has 5 nitrogen and oxygen atoms in total. The maximum absolute atomic E-state index is 11.4. The molecule has 0 saturated carbocycles. The third-order valence-electron chi connectivity index (χ3n) is 2.17. The monoisotopic (exact) mass is 285 g/mol. The van der Waals surface area contributed by atoms with E-state index >= 15 is 0 Å². The van der Waals surface area contributed by atoms with E-state index in [9.17, 15) is 9.59 Å². The van der Waals surface area contributed by atoms with Gasteiger partial charge in [0.2, 0.25) is 0 Å². The van der Waals surface area contributed by atoms with E-state index < -0.39 is 5.60 Å². The molecular weight excluding hydrogens is 258 g/mol. The fourth-order valence-corrected chi connectivity index (χ4v) is 1.37. The largest absolute Gasteiger partial charge is 0.461 e. The van der Waals surface area contributed by atoms with Crippen molar-refractivity contribution in [3.8, 4) is 0 Å². The Hall–Kier alpha value is -1.36. The summed E-state index contributed by atoms with van der Waals surface area (Å²) < 4.78 is 10.1. The maximum atomic E-state index is 11.4. The first-order valence-corrected chi connectivity index (χ1v) is 7.08. The summed E-state index contributed by atoms with van der Waals surface area (Å²) in [4.78, 5) is 22.7. The van der Waals surface area contributed by atoms with Gasteiger partial charge in [0.25, 0.3) is 0 Å². The molecule has 20 heavy (non-hydrogen) atoms. The summed E-state index contributed by atoms with van der Waals surface area (Å²) in [5.74, 6) is -0.505. The summed E-state index contributed by atoms with van der Waals surface area (Å²) in [5, 5.41) is 2.94. The molecule has 0 aromatic heterocycles. The van der Waals surface area contributed by atoms with E-state index in [1.165, 1.54) is 0 Å². The summed E-state index contributed by atoms with van der Waals surface area (Å²) >= 11 is 0. The highest BCUT2D eigenvalue weighted by atomic mass is 16.6. The van der Waals surface area contributed by atoms with Gasteiger partial charge in [-0.25, -0.2) is 0 Å². The molecule has 0 rings (SSSR count). The van der Waals surface area contributed by atoms with Crippen LogP contribution in [0.25, 0.3) is 0 Å². The number of carbonyl (C=O) groups excluding carboxylic acids is 2. The van der Waals surface area contributed by atoms with E-state index in [0.29, 0.717) is 26.0 Å². The molecule has 0 aromatic carbocycles. The average Bonchev–Trinajstić information content (AvgIpc) is 2.32. The Morgan fingerprint density at radius 1 is 1.15 bits per heavy atom. The Balaban J connectivity index is 3.50. The summed E-state index contributed by atoms with van der Waals surface area (Å²) in [6.45, 7) is 8.58. The van der Waals surface area contributed by atoms with Crippen molar-refractivity contribution < 1.29 is 19.1 Å². The first kappa shape index (κ1) is 18.6. The van der Waals surface area contributed by atoms with Crippen LogP contribution in [0, 0.1) is 0 Å². The number of ether oxygens (including phenoxy) is 2. The van der Waals surface area contributed by atoms with E-state index in [1.54, 1.807) is 0 Å². The van der Waals surface area contributed by atoms with Crippen molar-refractivity contribution in [3.05, 3.63) is 12.2 Å². The second-order valence-corrected chi connectivity index (χ2v) is 5.43. The van der Waals surface area contributed by atoms with Crippen LogP contribution >= 0.6 is 0 Å². The summed E-state index contributed by atoms with van der Waals surface area (Å²) in [5.41, 5.74) is -0.464. The molecule has 0 bridgehead atoms. The smallest absolute Gasteiger partial charge is 0.320 e. The van der Waals surface area contributed by atoms with E-state index in [4.69, 9.17) is 9.47 Å². The maximum Gasteiger partial charge on any atom is 0.320 e. The van der Waals surface area contributed by atoms with E-state index in [2.05, 4.69) is 5.32 Å². The lowest BCUT2D eigenvalue weighted by atomic mass is 10.2. The van der Waals surface area contributed by atoms with Crippen molar-refractivity contribution in [1.29, 1.82) is 0 Å². The van der Waals surface area contributed by atoms with Crippen molar-refractivity contribution in [1.82, 2.24) is 5.32 Å². The van der Waals surface area contributed by atoms with Crippen molar-refractivity contribution in [3.63, 3.8) is 0 Å². The van der Waals surface area contributed by atoms with Crippen LogP contribution in [0.1, 0.15) is 47.0 Å². The quantitative estimate of drug-likeness (QED) is 0.400. The molecular formula is C15H27NO4. The number of rotatable bonds is 9. The second-order valence-electron chi connectivity index (χ2n) is 5.43. The molecule has 0 unspecified atom stereocenters. The highest BCUT2D eigenvalue weighted by molar-refractivity contribution is 5.72. The Morgan fingerprint density at radius 3 is 2.45 bits per heavy atom. The molecule has 0 radical (unpaired) electrons. The predicted octanol–water partition coefficient (Wildman–Crippen LogP) is 2.21. The van der Waals surface area contributed by atoms with Crippen molar-refractivity contribution in [2.75, 3.05) is 19.7 Å². The number of nitrogens with one attached hydrogen (secondary N) is 1. The molecule has 0 heterocycles. The molecule has 0 spiro atoms. The minimum absolute atomic E-state index is 0.158. The molecule has 0 aliphatic rings. The van der Waals surface area contributed by atoms with Crippen LogP contribution in [0.15, 0.2) is 12.2 Å². The Kier molecular flexibility index (Phi) is 9.72. The third kappa shape index (κ3) is 13.1. The number of carbonyl (C=O) groups is 2. The molecule has 0 atom stereocenters. The predicted molar refractivity (Wildman–Crippen MR) is 78.3 cm³/mol. The van der Waals surface area contributed by atoms with Gasteiger partial charge < -0.3 is 14.8 Å². The first-order chi connectivity index (χ1) is 9.35. The summed E-state index contributed by atoms with van der Waals surface area (Å²) in [6, 6.07) is 0. The van der Waals surface area contributed by atoms with Crippen LogP contribution in [0.5, 0.6) is 0 Å². The molecule has 0 saturated heterocycles. The lowest BCUT2D eigenvalue weighted by Crippen LogP contribution is -2.32. The average molecular weight is 285 g/mol. The lowest BCUT2D eigenvalue weighted by Gasteiger charge is -2.19. The number of hydrogen-bond donors (Lipinski definition) is 1. The highest BCUT2D eigenvalue weighted by Crippen LogP contribution is 2.06. The van der Waals surface area contributed by atoms with Gasteiger partial charge in [0.05, 0.1) is 6.54 Å². The molecule has 1 N–H and O–H groups in total. The van der Waals surface area contributed by atoms with E-state index in [0.717, 1.165) is 6.42 Å². The zero-order valence-electron chi connectivity index (χ0n) is 13.0. The number of hydrogen-bond acceptors (Lipinski definition) is 5. The fraction of sp³-hybridized carbons (Fsp3) is 0.733. The normalized spacial score (nSPS) is 11.6. The van der Waals surface area contributed by atoms with Crippen molar-refractivity contribution >= 4 is 11.9 Å². The van der Waals surface area contributed by atoms with Crippen LogP contribution < -0.4 is 5.32 Å². The Bertz CT molecular complexity index is 318. The zero-order valence-corrected chi connectivity index (χ0v) is 13.0. The van der Waals surface area contributed by atoms with E-state index in [1.807, 2.05) is 39.8 Å². The molecule has 116 valence electrons. The van der Waals surface area contributed by atoms with Gasteiger partial charge in [-0.15, -0.1) is 0 Å². The van der Waals surface area contributed by atoms with Gasteiger partial charge in [0.15, 0.2) is 0 Å². The van der Waals surface area contributed by atoms with Crippen LogP contribution in [-0.2, 0) is 19.1 Å². The first-order valence-electron chi connectivity index (χ1n) is 7.08. The van der Waals surface area contributed by atoms with Crippen molar-refractivity contribution in [2.45, 2.75) is 52.6 Å². The topological polar surface area (TPSA) is 64.6 Å². The van der Waals surface area contributed by atoms with Gasteiger partial charge in [-0.3, -0.25) is 9.59 Å². The molecule has 0 amide bonds. The molecule has 5 heteroatoms. The SMILES string of the molecule is CC/C=C\COC(=O)CCCNCC(=O)OC(C)(C)C. The van der Waals surface area contributed by atoms with Gasteiger partial charge in [0.1, 0.15) is 12.2 Å². The van der Waals surface area contributed by atoms with Crippen LogP contribution in [0.4, 0.5) is 0 Å². The fourth-order valence-electron chi connectivity index (χ4n) is 1.37. The standard InChI is InChI=1S/C15H27NO4/c1-5-6-7-11-19-13(17)9-8-10-16-12-14(18)20-15(2,3)4/h6-7,16H,5,8-12H2,1-4H3/b7-6-. The van der Waals surface area contributed by atoms with Gasteiger partial charge >= 0.3 is 11.9 Å². The molecule has 0 fully saturated rings. The van der Waals surface area contributed by atoms with Gasteiger partial charge in [-0.1, -0.05) is 19.1 Å². The van der Waals surface area contributed by atoms with Gasteiger partial charge in [0, 0.05) is 6.42 Å². The Labute approximate surface area is 121 Å². The van der Waals surface area contributed by atoms with Crippen molar-refractivity contribution in [2.24, 2.45) is 0 Å². The van der Waals surface area contributed by atoms with Crippen LogP contribution in [0.2, 0.25) is 0 Å². The molecule has 0 aliphatic carbocycles. The zero-order chi connectivity index (χ0) is 15.4. The van der Waals surface area contributed by atoms with Gasteiger partial charge in [-0.2, -0.15) is 0 Å². The summed E-state index contributed by atoms with van der Waals surface area (Å²) in [7, 11) is 0. The van der Waals surface area contributed by atoms with Crippen LogP contribution in [0.3, 0.4) is 0 Å². The molecule has 0 aliphatic heterocycles. The van der Waals surface area contributed by atoms with Gasteiger partial charge in [-0.05, 0) is 40.2 Å². The van der Waals surface area contributed by atoms with E-state index in [-0.39, 0.29) is 18.5 Å². The highest BCUT2D eigenvalue weighted by Gasteiger charge is 2.15. The number of allylic oxidation sites excluding steroid dienone is 1. The Morgan fingerprint density at radius 2 is 1.85 bits per heavy atom.